The van der Waals surface area contributed by atoms with Crippen LogP contribution in [0.1, 0.15) is 50.7 Å². The number of halogens is 1. The number of aromatic nitrogens is 2. The van der Waals surface area contributed by atoms with Crippen LogP contribution in [0, 0.1) is 0 Å². The largest absolute Gasteiger partial charge is 0.378 e. The van der Waals surface area contributed by atoms with E-state index >= 15 is 0 Å². The lowest BCUT2D eigenvalue weighted by Gasteiger charge is -2.09. The number of nitrogens with one attached hydrogen (secondary N) is 1. The number of allylic oxidation sites excluding steroid dienone is 1. The van der Waals surface area contributed by atoms with E-state index < -0.39 is 0 Å². The molecular weight excluding hydrogens is 334 g/mol. The van der Waals surface area contributed by atoms with Crippen LogP contribution in [0.25, 0.3) is 6.08 Å². The van der Waals surface area contributed by atoms with Crippen molar-refractivity contribution in [1.82, 2.24) is 9.78 Å². The van der Waals surface area contributed by atoms with Gasteiger partial charge in [0.05, 0.1) is 11.9 Å². The van der Waals surface area contributed by atoms with Gasteiger partial charge in [-0.2, -0.15) is 5.10 Å². The first-order valence-electron chi connectivity index (χ1n) is 8.90. The van der Waals surface area contributed by atoms with Crippen molar-refractivity contribution in [2.24, 2.45) is 0 Å². The topological polar surface area (TPSA) is 46.9 Å². The summed E-state index contributed by atoms with van der Waals surface area (Å²) < 4.78 is 1.34. The van der Waals surface area contributed by atoms with Gasteiger partial charge in [-0.3, -0.25) is 4.79 Å². The number of hydrogen-bond donors (Lipinski definition) is 1. The molecule has 1 aromatic carbocycles. The third kappa shape index (κ3) is 5.75. The standard InChI is InChI=1S/C20H26ClN3O/c1-3-5-6-7-8-9-16-10-12-17(13-11-16)14-22-18-15-23-24(4-2)20(25)19(18)21/h8-13,15,22H,3-7,14H2,1-2H3/b9-8-. The maximum Gasteiger partial charge on any atom is 0.287 e. The van der Waals surface area contributed by atoms with Crippen LogP contribution in [0.5, 0.6) is 0 Å². The van der Waals surface area contributed by atoms with Gasteiger partial charge in [0, 0.05) is 13.1 Å². The molecule has 0 saturated carbocycles. The molecule has 1 aromatic heterocycles. The summed E-state index contributed by atoms with van der Waals surface area (Å²) in [7, 11) is 0. The minimum Gasteiger partial charge on any atom is -0.378 e. The first kappa shape index (κ1) is 19.3. The van der Waals surface area contributed by atoms with Gasteiger partial charge < -0.3 is 5.32 Å². The first-order valence-corrected chi connectivity index (χ1v) is 9.28. The van der Waals surface area contributed by atoms with E-state index in [-0.39, 0.29) is 10.6 Å². The summed E-state index contributed by atoms with van der Waals surface area (Å²) in [6.07, 6.45) is 10.9. The Kier molecular flexibility index (Phi) is 7.74. The number of aryl methyl sites for hydroxylation is 1. The fourth-order valence-electron chi connectivity index (χ4n) is 2.49. The van der Waals surface area contributed by atoms with E-state index in [0.717, 1.165) is 12.0 Å². The average Bonchev–Trinajstić information content (AvgIpc) is 2.64. The molecule has 2 aromatic rings. The SMILES string of the molecule is CCCCC/C=C\c1ccc(CNc2cnn(CC)c(=O)c2Cl)cc1. The summed E-state index contributed by atoms with van der Waals surface area (Å²) >= 11 is 6.12. The summed E-state index contributed by atoms with van der Waals surface area (Å²) in [6.45, 7) is 5.18. The first-order chi connectivity index (χ1) is 12.2. The second-order valence-corrected chi connectivity index (χ2v) is 6.36. The number of nitrogens with zero attached hydrogens (tertiary/aromatic N) is 2. The summed E-state index contributed by atoms with van der Waals surface area (Å²) in [6, 6.07) is 8.35. The van der Waals surface area contributed by atoms with Gasteiger partial charge in [0.1, 0.15) is 5.02 Å². The van der Waals surface area contributed by atoms with Crippen molar-refractivity contribution in [3.63, 3.8) is 0 Å². The van der Waals surface area contributed by atoms with Crippen LogP contribution >= 0.6 is 11.6 Å². The van der Waals surface area contributed by atoms with E-state index in [2.05, 4.69) is 53.8 Å². The lowest BCUT2D eigenvalue weighted by molar-refractivity contribution is 0.616. The molecule has 0 spiro atoms. The quantitative estimate of drug-likeness (QED) is 0.632. The Morgan fingerprint density at radius 3 is 2.64 bits per heavy atom. The zero-order chi connectivity index (χ0) is 18.1. The van der Waals surface area contributed by atoms with Crippen molar-refractivity contribution in [2.75, 3.05) is 5.32 Å². The van der Waals surface area contributed by atoms with Gasteiger partial charge in [-0.25, -0.2) is 4.68 Å². The highest BCUT2D eigenvalue weighted by Crippen LogP contribution is 2.17. The van der Waals surface area contributed by atoms with Crippen LogP contribution in [0.3, 0.4) is 0 Å². The number of unbranched alkanes of at least 4 members (excludes halogenated alkanes) is 3. The molecule has 2 rings (SSSR count). The Morgan fingerprint density at radius 2 is 1.96 bits per heavy atom. The molecule has 0 amide bonds. The summed E-state index contributed by atoms with van der Waals surface area (Å²) in [5, 5.41) is 7.45. The van der Waals surface area contributed by atoms with Crippen LogP contribution in [0.2, 0.25) is 5.02 Å². The van der Waals surface area contributed by atoms with Crippen LogP contribution in [0.15, 0.2) is 41.3 Å². The third-order valence-corrected chi connectivity index (χ3v) is 4.40. The van der Waals surface area contributed by atoms with Gasteiger partial charge in [0.15, 0.2) is 0 Å². The molecule has 0 atom stereocenters. The molecule has 5 heteroatoms. The lowest BCUT2D eigenvalue weighted by atomic mass is 10.1. The molecule has 0 saturated heterocycles. The van der Waals surface area contributed by atoms with Crippen LogP contribution < -0.4 is 10.9 Å². The predicted molar refractivity (Wildman–Crippen MR) is 106 cm³/mol. The number of benzene rings is 1. The summed E-state index contributed by atoms with van der Waals surface area (Å²) in [4.78, 5) is 12.0. The Balaban J connectivity index is 1.92. The van der Waals surface area contributed by atoms with Gasteiger partial charge in [0.2, 0.25) is 0 Å². The smallest absolute Gasteiger partial charge is 0.287 e. The minimum absolute atomic E-state index is 0.184. The molecule has 0 fully saturated rings. The fraction of sp³-hybridized carbons (Fsp3) is 0.400. The monoisotopic (exact) mass is 359 g/mol. The summed E-state index contributed by atoms with van der Waals surface area (Å²) in [5.41, 5.74) is 2.62. The average molecular weight is 360 g/mol. The van der Waals surface area contributed by atoms with Gasteiger partial charge in [0.25, 0.3) is 5.56 Å². The van der Waals surface area contributed by atoms with Crippen molar-refractivity contribution < 1.29 is 0 Å². The second kappa shape index (κ2) is 10.0. The molecular formula is C20H26ClN3O. The van der Waals surface area contributed by atoms with Gasteiger partial charge in [-0.05, 0) is 30.9 Å². The highest BCUT2D eigenvalue weighted by molar-refractivity contribution is 6.32. The zero-order valence-corrected chi connectivity index (χ0v) is 15.7. The van der Waals surface area contributed by atoms with Crippen molar-refractivity contribution in [2.45, 2.75) is 52.6 Å². The third-order valence-electron chi connectivity index (χ3n) is 4.03. The van der Waals surface area contributed by atoms with E-state index in [1.807, 2.05) is 6.92 Å². The summed E-state index contributed by atoms with van der Waals surface area (Å²) in [5.74, 6) is 0. The van der Waals surface area contributed by atoms with Crippen LogP contribution in [0.4, 0.5) is 5.69 Å². The van der Waals surface area contributed by atoms with Gasteiger partial charge >= 0.3 is 0 Å². The second-order valence-electron chi connectivity index (χ2n) is 5.99. The minimum atomic E-state index is -0.266. The Morgan fingerprint density at radius 1 is 1.20 bits per heavy atom. The Labute approximate surface area is 154 Å². The molecule has 0 aliphatic heterocycles. The zero-order valence-electron chi connectivity index (χ0n) is 15.0. The van der Waals surface area contributed by atoms with Crippen molar-refractivity contribution >= 4 is 23.4 Å². The van der Waals surface area contributed by atoms with Crippen molar-refractivity contribution in [1.29, 1.82) is 0 Å². The Bertz CT molecular complexity index is 751. The number of rotatable bonds is 9. The van der Waals surface area contributed by atoms with E-state index in [1.165, 1.54) is 29.5 Å². The van der Waals surface area contributed by atoms with E-state index in [4.69, 9.17) is 11.6 Å². The van der Waals surface area contributed by atoms with E-state index in [9.17, 15) is 4.79 Å². The maximum atomic E-state index is 12.0. The van der Waals surface area contributed by atoms with E-state index in [1.54, 1.807) is 6.20 Å². The van der Waals surface area contributed by atoms with Crippen molar-refractivity contribution in [3.05, 3.63) is 63.0 Å². The van der Waals surface area contributed by atoms with Crippen molar-refractivity contribution in [3.8, 4) is 0 Å². The highest BCUT2D eigenvalue weighted by atomic mass is 35.5. The number of hydrogen-bond acceptors (Lipinski definition) is 3. The molecule has 25 heavy (non-hydrogen) atoms. The molecule has 0 aliphatic carbocycles. The molecule has 134 valence electrons. The normalized spacial score (nSPS) is 11.2. The van der Waals surface area contributed by atoms with Crippen LogP contribution in [-0.4, -0.2) is 9.78 Å². The highest BCUT2D eigenvalue weighted by Gasteiger charge is 2.07. The molecule has 0 aliphatic rings. The lowest BCUT2D eigenvalue weighted by Crippen LogP contribution is -2.23. The number of anilines is 1. The van der Waals surface area contributed by atoms with Gasteiger partial charge in [-0.1, -0.05) is 67.8 Å². The molecule has 1 N–H and O–H groups in total. The fourth-order valence-corrected chi connectivity index (χ4v) is 2.70. The van der Waals surface area contributed by atoms with E-state index in [0.29, 0.717) is 18.8 Å². The molecule has 0 bridgehead atoms. The van der Waals surface area contributed by atoms with Gasteiger partial charge in [-0.15, -0.1) is 0 Å². The molecule has 1 heterocycles. The maximum absolute atomic E-state index is 12.0. The van der Waals surface area contributed by atoms with Crippen LogP contribution in [-0.2, 0) is 13.1 Å². The predicted octanol–water partition coefficient (Wildman–Crippen LogP) is 5.12. The Hall–Kier alpha value is -2.07. The molecule has 0 radical (unpaired) electrons. The molecule has 4 nitrogen and oxygen atoms in total. The molecule has 0 unspecified atom stereocenters.